The molecule has 2 rings (SSSR count). The second-order valence-corrected chi connectivity index (χ2v) is 4.02. The van der Waals surface area contributed by atoms with Crippen molar-refractivity contribution in [1.29, 1.82) is 0 Å². The number of rotatable bonds is 2. The number of hydrogen-bond donors (Lipinski definition) is 1. The smallest absolute Gasteiger partial charge is 0.310 e. The first-order valence-electron chi connectivity index (χ1n) is 5.14. The van der Waals surface area contributed by atoms with Crippen LogP contribution >= 0.6 is 0 Å². The summed E-state index contributed by atoms with van der Waals surface area (Å²) in [5, 5.41) is 8.84. The Morgan fingerprint density at radius 3 is 2.87 bits per heavy atom. The minimum absolute atomic E-state index is 0.306. The van der Waals surface area contributed by atoms with E-state index in [0.717, 1.165) is 30.4 Å². The van der Waals surface area contributed by atoms with Gasteiger partial charge in [-0.1, -0.05) is 12.1 Å². The van der Waals surface area contributed by atoms with Crippen molar-refractivity contribution in [2.24, 2.45) is 0 Å². The Morgan fingerprint density at radius 1 is 1.47 bits per heavy atom. The number of aryl methyl sites for hydroxylation is 1. The Bertz CT molecular complexity index is 412. The Hall–Kier alpha value is -1.38. The fourth-order valence-corrected chi connectivity index (χ4v) is 2.11. The van der Waals surface area contributed by atoms with Crippen LogP contribution in [0.4, 0.5) is 4.39 Å². The molecule has 1 unspecified atom stereocenters. The highest BCUT2D eigenvalue weighted by Crippen LogP contribution is 2.30. The number of benzene rings is 1. The van der Waals surface area contributed by atoms with Crippen molar-refractivity contribution in [3.8, 4) is 0 Å². The summed E-state index contributed by atoms with van der Waals surface area (Å²) in [6.07, 6.45) is 2.62. The number of carbonyl (C=O) groups is 1. The summed E-state index contributed by atoms with van der Waals surface area (Å²) in [7, 11) is 0. The van der Waals surface area contributed by atoms with E-state index in [-0.39, 0.29) is 5.82 Å². The molecular weight excluding hydrogens is 195 g/mol. The maximum Gasteiger partial charge on any atom is 0.310 e. The lowest BCUT2D eigenvalue weighted by atomic mass is 9.96. The molecule has 0 amide bonds. The predicted octanol–water partition coefficient (Wildman–Crippen LogP) is 2.50. The first-order chi connectivity index (χ1) is 7.11. The van der Waals surface area contributed by atoms with Gasteiger partial charge in [-0.25, -0.2) is 4.39 Å². The largest absolute Gasteiger partial charge is 0.481 e. The number of carboxylic acids is 1. The van der Waals surface area contributed by atoms with Gasteiger partial charge in [0, 0.05) is 5.56 Å². The van der Waals surface area contributed by atoms with E-state index >= 15 is 0 Å². The van der Waals surface area contributed by atoms with Gasteiger partial charge in [0.15, 0.2) is 0 Å². The first-order valence-corrected chi connectivity index (χ1v) is 5.14. The standard InChI is InChI=1S/C12H13FO2/c1-7(12(14)15)9-6-5-8-3-2-4-10(8)11(9)13/h5-7H,2-4H2,1H3,(H,14,15). The summed E-state index contributed by atoms with van der Waals surface area (Å²) >= 11 is 0. The van der Waals surface area contributed by atoms with Crippen molar-refractivity contribution in [1.82, 2.24) is 0 Å². The van der Waals surface area contributed by atoms with Gasteiger partial charge in [0.1, 0.15) is 5.82 Å². The molecule has 15 heavy (non-hydrogen) atoms. The summed E-state index contributed by atoms with van der Waals surface area (Å²) < 4.78 is 13.9. The molecule has 0 aliphatic heterocycles. The van der Waals surface area contributed by atoms with Gasteiger partial charge in [0.25, 0.3) is 0 Å². The number of hydrogen-bond acceptors (Lipinski definition) is 1. The summed E-state index contributed by atoms with van der Waals surface area (Å²) in [6, 6.07) is 3.47. The molecule has 1 atom stereocenters. The molecule has 0 radical (unpaired) electrons. The molecule has 1 aliphatic carbocycles. The highest BCUT2D eigenvalue weighted by molar-refractivity contribution is 5.75. The van der Waals surface area contributed by atoms with Crippen LogP contribution in [0.15, 0.2) is 12.1 Å². The zero-order valence-corrected chi connectivity index (χ0v) is 8.59. The summed E-state index contributed by atoms with van der Waals surface area (Å²) in [6.45, 7) is 1.52. The van der Waals surface area contributed by atoms with Crippen molar-refractivity contribution < 1.29 is 14.3 Å². The molecule has 0 saturated heterocycles. The van der Waals surface area contributed by atoms with E-state index in [0.29, 0.717) is 5.56 Å². The molecule has 0 aromatic heterocycles. The fraction of sp³-hybridized carbons (Fsp3) is 0.417. The molecule has 0 bridgehead atoms. The van der Waals surface area contributed by atoms with Crippen molar-refractivity contribution in [2.75, 3.05) is 0 Å². The average Bonchev–Trinajstić information content (AvgIpc) is 2.66. The van der Waals surface area contributed by atoms with Gasteiger partial charge in [-0.2, -0.15) is 0 Å². The zero-order valence-electron chi connectivity index (χ0n) is 8.59. The third kappa shape index (κ3) is 1.62. The van der Waals surface area contributed by atoms with E-state index in [1.165, 1.54) is 6.92 Å². The van der Waals surface area contributed by atoms with Gasteiger partial charge in [-0.3, -0.25) is 4.79 Å². The molecule has 1 aliphatic rings. The molecule has 1 aromatic rings. The Kier molecular flexibility index (Phi) is 2.47. The monoisotopic (exact) mass is 208 g/mol. The lowest BCUT2D eigenvalue weighted by Gasteiger charge is -2.11. The topological polar surface area (TPSA) is 37.3 Å². The van der Waals surface area contributed by atoms with Crippen LogP contribution in [0.3, 0.4) is 0 Å². The second-order valence-electron chi connectivity index (χ2n) is 4.02. The van der Waals surface area contributed by atoms with Crippen LogP contribution in [0.25, 0.3) is 0 Å². The maximum absolute atomic E-state index is 13.9. The number of carboxylic acid groups (broad SMARTS) is 1. The van der Waals surface area contributed by atoms with Gasteiger partial charge in [0.05, 0.1) is 5.92 Å². The summed E-state index contributed by atoms with van der Waals surface area (Å²) in [5.74, 6) is -2.05. The Morgan fingerprint density at radius 2 is 2.20 bits per heavy atom. The summed E-state index contributed by atoms with van der Waals surface area (Å²) in [5.41, 5.74) is 2.07. The van der Waals surface area contributed by atoms with Crippen LogP contribution in [0.1, 0.15) is 36.0 Å². The van der Waals surface area contributed by atoms with Crippen LogP contribution in [0.5, 0.6) is 0 Å². The van der Waals surface area contributed by atoms with Crippen LogP contribution < -0.4 is 0 Å². The van der Waals surface area contributed by atoms with E-state index in [2.05, 4.69) is 0 Å². The number of fused-ring (bicyclic) bond motifs is 1. The SMILES string of the molecule is CC(C(=O)O)c1ccc2c(c1F)CCC2. The molecule has 0 heterocycles. The van der Waals surface area contributed by atoms with E-state index in [4.69, 9.17) is 5.11 Å². The molecule has 0 spiro atoms. The van der Waals surface area contributed by atoms with Crippen molar-refractivity contribution in [3.05, 3.63) is 34.6 Å². The Labute approximate surface area is 87.7 Å². The number of aliphatic carboxylic acids is 1. The minimum atomic E-state index is -0.980. The number of halogens is 1. The normalized spacial score (nSPS) is 16.1. The molecule has 2 nitrogen and oxygen atoms in total. The van der Waals surface area contributed by atoms with Gasteiger partial charge < -0.3 is 5.11 Å². The molecule has 80 valence electrons. The lowest BCUT2D eigenvalue weighted by Crippen LogP contribution is -2.10. The molecule has 0 fully saturated rings. The predicted molar refractivity (Wildman–Crippen MR) is 54.5 cm³/mol. The Balaban J connectivity index is 2.46. The summed E-state index contributed by atoms with van der Waals surface area (Å²) in [4.78, 5) is 10.8. The van der Waals surface area contributed by atoms with Crippen molar-refractivity contribution in [3.63, 3.8) is 0 Å². The molecule has 0 saturated carbocycles. The highest BCUT2D eigenvalue weighted by atomic mass is 19.1. The molecular formula is C12H13FO2. The van der Waals surface area contributed by atoms with Crippen LogP contribution in [0, 0.1) is 5.82 Å². The zero-order chi connectivity index (χ0) is 11.0. The minimum Gasteiger partial charge on any atom is -0.481 e. The van der Waals surface area contributed by atoms with E-state index in [9.17, 15) is 9.18 Å². The van der Waals surface area contributed by atoms with E-state index in [1.807, 2.05) is 6.07 Å². The first kappa shape index (κ1) is 10.1. The molecule has 3 heteroatoms. The third-order valence-corrected chi connectivity index (χ3v) is 3.08. The van der Waals surface area contributed by atoms with Crippen molar-refractivity contribution in [2.45, 2.75) is 32.1 Å². The van der Waals surface area contributed by atoms with E-state index < -0.39 is 11.9 Å². The van der Waals surface area contributed by atoms with Gasteiger partial charge >= 0.3 is 5.97 Å². The van der Waals surface area contributed by atoms with Crippen LogP contribution in [-0.4, -0.2) is 11.1 Å². The highest BCUT2D eigenvalue weighted by Gasteiger charge is 2.23. The van der Waals surface area contributed by atoms with E-state index in [1.54, 1.807) is 6.07 Å². The average molecular weight is 208 g/mol. The van der Waals surface area contributed by atoms with Crippen LogP contribution in [-0.2, 0) is 17.6 Å². The quantitative estimate of drug-likeness (QED) is 0.810. The van der Waals surface area contributed by atoms with Gasteiger partial charge in [-0.05, 0) is 37.3 Å². The van der Waals surface area contributed by atoms with Crippen LogP contribution in [0.2, 0.25) is 0 Å². The maximum atomic E-state index is 13.9. The van der Waals surface area contributed by atoms with Gasteiger partial charge in [0.2, 0.25) is 0 Å². The molecule has 1 aromatic carbocycles. The van der Waals surface area contributed by atoms with Gasteiger partial charge in [-0.15, -0.1) is 0 Å². The second kappa shape index (κ2) is 3.65. The third-order valence-electron chi connectivity index (χ3n) is 3.08. The fourth-order valence-electron chi connectivity index (χ4n) is 2.11. The lowest BCUT2D eigenvalue weighted by molar-refractivity contribution is -0.138. The van der Waals surface area contributed by atoms with Crippen molar-refractivity contribution >= 4 is 5.97 Å². The molecule has 1 N–H and O–H groups in total.